The van der Waals surface area contributed by atoms with Crippen molar-refractivity contribution in [1.82, 2.24) is 0 Å². The fourth-order valence-corrected chi connectivity index (χ4v) is 1.53. The Balaban J connectivity index is 0. The number of thioether (sulfide) groups is 1. The van der Waals surface area contributed by atoms with Crippen molar-refractivity contribution in [2.24, 2.45) is 0 Å². The molecule has 0 atom stereocenters. The number of quaternary nitrogens is 1. The molecule has 0 aliphatic carbocycles. The van der Waals surface area contributed by atoms with Crippen molar-refractivity contribution in [3.63, 3.8) is 0 Å². The van der Waals surface area contributed by atoms with Crippen molar-refractivity contribution >= 4 is 16.9 Å². The molecular formula is C9H20INOS. The van der Waals surface area contributed by atoms with Crippen LogP contribution in [0.5, 0.6) is 0 Å². The number of hydrogen-bond acceptors (Lipinski definition) is 2. The monoisotopic (exact) mass is 317 g/mol. The van der Waals surface area contributed by atoms with Crippen LogP contribution in [-0.2, 0) is 4.79 Å². The van der Waals surface area contributed by atoms with Gasteiger partial charge in [-0.15, -0.1) is 0 Å². The number of hydrogen-bond donors (Lipinski definition) is 0. The highest BCUT2D eigenvalue weighted by Gasteiger charge is 2.18. The van der Waals surface area contributed by atoms with Crippen LogP contribution in [0.2, 0.25) is 0 Å². The molecule has 0 rings (SSSR count). The lowest BCUT2D eigenvalue weighted by molar-refractivity contribution is -0.908. The lowest BCUT2D eigenvalue weighted by Gasteiger charge is -2.33. The number of halogens is 1. The van der Waals surface area contributed by atoms with Crippen LogP contribution in [0.25, 0.3) is 0 Å². The maximum absolute atomic E-state index is 10.7. The molecule has 0 unspecified atom stereocenters. The van der Waals surface area contributed by atoms with Crippen LogP contribution in [-0.4, -0.2) is 42.0 Å². The largest absolute Gasteiger partial charge is 1.00 e. The highest BCUT2D eigenvalue weighted by Crippen LogP contribution is 2.09. The molecule has 0 aromatic carbocycles. The zero-order valence-electron chi connectivity index (χ0n) is 9.13. The van der Waals surface area contributed by atoms with E-state index in [1.54, 1.807) is 6.92 Å². The van der Waals surface area contributed by atoms with Crippen molar-refractivity contribution in [2.75, 3.05) is 26.4 Å². The summed E-state index contributed by atoms with van der Waals surface area (Å²) in [4.78, 5) is 10.7. The first-order valence-electron chi connectivity index (χ1n) is 4.32. The van der Waals surface area contributed by atoms with Crippen LogP contribution < -0.4 is 24.0 Å². The first-order valence-corrected chi connectivity index (χ1v) is 5.31. The molecule has 0 aromatic heterocycles. The van der Waals surface area contributed by atoms with Crippen molar-refractivity contribution in [3.8, 4) is 0 Å². The second kappa shape index (κ2) is 7.06. The highest BCUT2D eigenvalue weighted by atomic mass is 127. The smallest absolute Gasteiger partial charge is 0.186 e. The summed E-state index contributed by atoms with van der Waals surface area (Å²) in [7, 11) is 4.40. The minimum Gasteiger partial charge on any atom is -1.00 e. The van der Waals surface area contributed by atoms with E-state index in [0.29, 0.717) is 6.04 Å². The first-order chi connectivity index (χ1) is 5.36. The number of nitrogens with zero attached hydrogens (tertiary/aromatic N) is 1. The van der Waals surface area contributed by atoms with Crippen molar-refractivity contribution in [3.05, 3.63) is 0 Å². The summed E-state index contributed by atoms with van der Waals surface area (Å²) >= 11 is 1.42. The van der Waals surface area contributed by atoms with Gasteiger partial charge in [-0.1, -0.05) is 11.8 Å². The van der Waals surface area contributed by atoms with Crippen LogP contribution in [0, 0.1) is 0 Å². The second-order valence-electron chi connectivity index (χ2n) is 3.94. The molecule has 0 aliphatic heterocycles. The van der Waals surface area contributed by atoms with Gasteiger partial charge in [-0.05, 0) is 13.8 Å². The lowest BCUT2D eigenvalue weighted by Crippen LogP contribution is -3.00. The standard InChI is InChI=1S/C9H20NOS.HI/c1-8(2)10(4,5)6-7-12-9(3)11;/h8H,6-7H2,1-5H3;1H/q+1;/p-1. The van der Waals surface area contributed by atoms with Gasteiger partial charge in [-0.2, -0.15) is 0 Å². The summed E-state index contributed by atoms with van der Waals surface area (Å²) < 4.78 is 0.986. The van der Waals surface area contributed by atoms with E-state index in [1.807, 2.05) is 0 Å². The number of rotatable bonds is 4. The Bertz CT molecular complexity index is 160. The second-order valence-corrected chi connectivity index (χ2v) is 5.21. The van der Waals surface area contributed by atoms with E-state index < -0.39 is 0 Å². The average Bonchev–Trinajstić information content (AvgIpc) is 1.85. The Kier molecular flexibility index (Phi) is 8.77. The van der Waals surface area contributed by atoms with E-state index in [1.165, 1.54) is 11.8 Å². The van der Waals surface area contributed by atoms with Gasteiger partial charge in [0.15, 0.2) is 5.12 Å². The number of carbonyl (C=O) groups is 1. The summed E-state index contributed by atoms with van der Waals surface area (Å²) in [6.07, 6.45) is 0. The molecule has 0 radical (unpaired) electrons. The van der Waals surface area contributed by atoms with Gasteiger partial charge in [-0.25, -0.2) is 0 Å². The molecule has 0 aliphatic rings. The minimum atomic E-state index is 0. The van der Waals surface area contributed by atoms with Crippen molar-refractivity contribution < 1.29 is 33.3 Å². The molecule has 80 valence electrons. The average molecular weight is 317 g/mol. The first kappa shape index (κ1) is 16.2. The van der Waals surface area contributed by atoms with E-state index in [0.717, 1.165) is 16.8 Å². The van der Waals surface area contributed by atoms with Crippen LogP contribution in [0.15, 0.2) is 0 Å². The zero-order chi connectivity index (χ0) is 9.78. The zero-order valence-corrected chi connectivity index (χ0v) is 12.1. The molecular weight excluding hydrogens is 297 g/mol. The van der Waals surface area contributed by atoms with Crippen molar-refractivity contribution in [1.29, 1.82) is 0 Å². The Hall–Kier alpha value is 0.710. The number of carbonyl (C=O) groups excluding carboxylic acids is 1. The minimum absolute atomic E-state index is 0. The van der Waals surface area contributed by atoms with Gasteiger partial charge in [0.25, 0.3) is 0 Å². The quantitative estimate of drug-likeness (QED) is 0.476. The van der Waals surface area contributed by atoms with E-state index in [4.69, 9.17) is 0 Å². The summed E-state index contributed by atoms with van der Waals surface area (Å²) in [5.74, 6) is 0.931. The third-order valence-electron chi connectivity index (χ3n) is 2.37. The Labute approximate surface area is 103 Å². The van der Waals surface area contributed by atoms with Gasteiger partial charge in [0, 0.05) is 6.92 Å². The Morgan fingerprint density at radius 3 is 2.15 bits per heavy atom. The van der Waals surface area contributed by atoms with E-state index >= 15 is 0 Å². The predicted molar refractivity (Wildman–Crippen MR) is 55.3 cm³/mol. The van der Waals surface area contributed by atoms with Gasteiger partial charge in [-0.3, -0.25) is 4.79 Å². The SMILES string of the molecule is CC(=O)SCC[N+](C)(C)C(C)C.[I-]. The predicted octanol–water partition coefficient (Wildman–Crippen LogP) is -1.25. The van der Waals surface area contributed by atoms with E-state index in [2.05, 4.69) is 27.9 Å². The molecule has 0 saturated heterocycles. The van der Waals surface area contributed by atoms with Gasteiger partial charge in [0.1, 0.15) is 0 Å². The normalized spacial score (nSPS) is 11.2. The van der Waals surface area contributed by atoms with Crippen LogP contribution in [0.1, 0.15) is 20.8 Å². The molecule has 4 heteroatoms. The third-order valence-corrected chi connectivity index (χ3v) is 3.16. The fourth-order valence-electron chi connectivity index (χ4n) is 0.683. The van der Waals surface area contributed by atoms with E-state index in [-0.39, 0.29) is 29.1 Å². The lowest BCUT2D eigenvalue weighted by atomic mass is 10.3. The maximum Gasteiger partial charge on any atom is 0.186 e. The summed E-state index contributed by atoms with van der Waals surface area (Å²) in [5, 5.41) is 0.221. The Morgan fingerprint density at radius 1 is 1.38 bits per heavy atom. The van der Waals surface area contributed by atoms with Crippen LogP contribution in [0.3, 0.4) is 0 Å². The van der Waals surface area contributed by atoms with Gasteiger partial charge < -0.3 is 28.5 Å². The molecule has 0 fully saturated rings. The Morgan fingerprint density at radius 2 is 1.85 bits per heavy atom. The topological polar surface area (TPSA) is 17.1 Å². The van der Waals surface area contributed by atoms with Crippen molar-refractivity contribution in [2.45, 2.75) is 26.8 Å². The summed E-state index contributed by atoms with van der Waals surface area (Å²) in [6, 6.07) is 0.623. The fraction of sp³-hybridized carbons (Fsp3) is 0.889. The molecule has 2 nitrogen and oxygen atoms in total. The van der Waals surface area contributed by atoms with Crippen LogP contribution in [0.4, 0.5) is 0 Å². The molecule has 13 heavy (non-hydrogen) atoms. The van der Waals surface area contributed by atoms with Gasteiger partial charge in [0.2, 0.25) is 0 Å². The summed E-state index contributed by atoms with van der Waals surface area (Å²) in [6.45, 7) is 7.10. The molecule has 0 heterocycles. The van der Waals surface area contributed by atoms with Crippen LogP contribution >= 0.6 is 11.8 Å². The molecule has 0 bridgehead atoms. The molecule has 0 aromatic rings. The van der Waals surface area contributed by atoms with Gasteiger partial charge >= 0.3 is 0 Å². The molecule has 0 amide bonds. The molecule has 0 N–H and O–H groups in total. The third kappa shape index (κ3) is 7.76. The molecule has 0 spiro atoms. The van der Waals surface area contributed by atoms with E-state index in [9.17, 15) is 4.79 Å². The summed E-state index contributed by atoms with van der Waals surface area (Å²) in [5.41, 5.74) is 0. The maximum atomic E-state index is 10.7. The van der Waals surface area contributed by atoms with Gasteiger partial charge in [0.05, 0.1) is 32.4 Å². The molecule has 0 saturated carbocycles. The highest BCUT2D eigenvalue weighted by molar-refractivity contribution is 8.13.